The minimum Gasteiger partial charge on any atom is -0.508 e. The minimum atomic E-state index is -0.524. The van der Waals surface area contributed by atoms with Crippen molar-refractivity contribution < 1.29 is 28.6 Å². The van der Waals surface area contributed by atoms with Crippen LogP contribution in [0.3, 0.4) is 0 Å². The summed E-state index contributed by atoms with van der Waals surface area (Å²) in [7, 11) is 1.66. The number of carbonyl (C=O) groups excluding carboxylic acids is 2. The molecule has 0 unspecified atom stereocenters. The molecular weight excluding hydrogens is 374 g/mol. The molecule has 0 aliphatic heterocycles. The van der Waals surface area contributed by atoms with Crippen LogP contribution in [0.25, 0.3) is 11.0 Å². The number of phenols is 1. The van der Waals surface area contributed by atoms with Crippen molar-refractivity contribution in [3.8, 4) is 11.5 Å². The van der Waals surface area contributed by atoms with Gasteiger partial charge in [-0.25, -0.2) is 0 Å². The van der Waals surface area contributed by atoms with Crippen molar-refractivity contribution in [2.24, 2.45) is 0 Å². The maximum Gasteiger partial charge on any atom is 0.310 e. The quantitative estimate of drug-likeness (QED) is 0.587. The van der Waals surface area contributed by atoms with E-state index < -0.39 is 5.97 Å². The molecule has 0 aliphatic rings. The summed E-state index contributed by atoms with van der Waals surface area (Å²) in [4.78, 5) is 25.9. The fourth-order valence-corrected chi connectivity index (χ4v) is 2.89. The summed E-state index contributed by atoms with van der Waals surface area (Å²) in [6.07, 6.45) is 1.43. The zero-order valence-corrected chi connectivity index (χ0v) is 16.4. The number of likely N-dealkylation sites (N-methyl/N-ethyl adjacent to an activating group) is 1. The van der Waals surface area contributed by atoms with Crippen LogP contribution in [0.4, 0.5) is 0 Å². The van der Waals surface area contributed by atoms with Crippen LogP contribution >= 0.6 is 0 Å². The van der Waals surface area contributed by atoms with Crippen LogP contribution in [0.1, 0.15) is 18.1 Å². The van der Waals surface area contributed by atoms with Gasteiger partial charge < -0.3 is 23.9 Å². The smallest absolute Gasteiger partial charge is 0.310 e. The summed E-state index contributed by atoms with van der Waals surface area (Å²) in [6.45, 7) is 2.59. The van der Waals surface area contributed by atoms with E-state index in [0.717, 1.165) is 16.7 Å². The number of carbonyl (C=O) groups is 2. The number of furan rings is 1. The van der Waals surface area contributed by atoms with Crippen LogP contribution in [0.2, 0.25) is 0 Å². The minimum absolute atomic E-state index is 0.0202. The van der Waals surface area contributed by atoms with E-state index in [4.69, 9.17) is 13.9 Å². The fraction of sp³-hybridized carbons (Fsp3) is 0.273. The molecule has 1 aromatic heterocycles. The molecule has 1 amide bonds. The molecule has 0 aliphatic carbocycles. The molecule has 29 heavy (non-hydrogen) atoms. The molecule has 0 saturated carbocycles. The Kier molecular flexibility index (Phi) is 6.39. The van der Waals surface area contributed by atoms with Crippen molar-refractivity contribution in [3.05, 3.63) is 59.9 Å². The third-order valence-corrected chi connectivity index (χ3v) is 4.41. The van der Waals surface area contributed by atoms with Crippen LogP contribution in [-0.2, 0) is 27.3 Å². The first kappa shape index (κ1) is 20.3. The lowest BCUT2D eigenvalue weighted by Crippen LogP contribution is -2.31. The van der Waals surface area contributed by atoms with Gasteiger partial charge in [-0.2, -0.15) is 0 Å². The summed E-state index contributed by atoms with van der Waals surface area (Å²) in [5.74, 6) is 0.0427. The number of hydrogen-bond donors (Lipinski definition) is 1. The Morgan fingerprint density at radius 2 is 1.90 bits per heavy atom. The largest absolute Gasteiger partial charge is 0.508 e. The Bertz CT molecular complexity index is 992. The number of amides is 1. The summed E-state index contributed by atoms with van der Waals surface area (Å²) in [5.41, 5.74) is 2.07. The molecule has 2 aromatic carbocycles. The second-order valence-corrected chi connectivity index (χ2v) is 6.61. The van der Waals surface area contributed by atoms with E-state index in [1.165, 1.54) is 23.3 Å². The number of hydrogen-bond acceptors (Lipinski definition) is 6. The van der Waals surface area contributed by atoms with E-state index in [-0.39, 0.29) is 24.7 Å². The predicted octanol–water partition coefficient (Wildman–Crippen LogP) is 3.28. The van der Waals surface area contributed by atoms with Gasteiger partial charge in [0.2, 0.25) is 0 Å². The lowest BCUT2D eigenvalue weighted by molar-refractivity contribution is -0.151. The Morgan fingerprint density at radius 3 is 2.62 bits per heavy atom. The Balaban J connectivity index is 1.49. The molecule has 3 rings (SSSR count). The van der Waals surface area contributed by atoms with Gasteiger partial charge in [-0.05, 0) is 36.8 Å². The Hall–Kier alpha value is -3.48. The van der Waals surface area contributed by atoms with Crippen LogP contribution in [0.5, 0.6) is 11.5 Å². The molecule has 1 heterocycles. The van der Waals surface area contributed by atoms with E-state index in [1.54, 1.807) is 13.1 Å². The molecule has 0 radical (unpaired) electrons. The van der Waals surface area contributed by atoms with Crippen LogP contribution in [0.15, 0.2) is 53.1 Å². The van der Waals surface area contributed by atoms with Crippen molar-refractivity contribution in [1.82, 2.24) is 4.90 Å². The summed E-state index contributed by atoms with van der Waals surface area (Å²) < 4.78 is 15.8. The lowest BCUT2D eigenvalue weighted by atomic mass is 10.1. The standard InChI is InChI=1S/C22H23NO6/c1-3-27-18-7-4-15(5-8-18)12-23(2)21(25)14-29-22(26)10-16-13-28-20-11-17(24)6-9-19(16)20/h4-9,11,13,24H,3,10,12,14H2,1-2H3. The van der Waals surface area contributed by atoms with Gasteiger partial charge in [0.05, 0.1) is 19.3 Å². The number of rotatable bonds is 8. The average Bonchev–Trinajstić information content (AvgIpc) is 3.09. The van der Waals surface area contributed by atoms with Crippen LogP contribution in [-0.4, -0.2) is 42.1 Å². The van der Waals surface area contributed by atoms with Crippen molar-refractivity contribution in [2.45, 2.75) is 19.9 Å². The maximum atomic E-state index is 12.3. The van der Waals surface area contributed by atoms with Crippen LogP contribution < -0.4 is 4.74 Å². The first-order valence-corrected chi connectivity index (χ1v) is 9.26. The van der Waals surface area contributed by atoms with E-state index in [2.05, 4.69) is 0 Å². The van der Waals surface area contributed by atoms with Crippen molar-refractivity contribution in [1.29, 1.82) is 0 Å². The number of nitrogens with zero attached hydrogens (tertiary/aromatic N) is 1. The second kappa shape index (κ2) is 9.14. The first-order chi connectivity index (χ1) is 14.0. The highest BCUT2D eigenvalue weighted by Crippen LogP contribution is 2.25. The van der Waals surface area contributed by atoms with E-state index in [9.17, 15) is 14.7 Å². The highest BCUT2D eigenvalue weighted by Gasteiger charge is 2.15. The molecule has 0 spiro atoms. The fourth-order valence-electron chi connectivity index (χ4n) is 2.89. The van der Waals surface area contributed by atoms with E-state index in [1.807, 2.05) is 31.2 Å². The van der Waals surface area contributed by atoms with Gasteiger partial charge in [-0.1, -0.05) is 12.1 Å². The highest BCUT2D eigenvalue weighted by atomic mass is 16.5. The lowest BCUT2D eigenvalue weighted by Gasteiger charge is -2.17. The maximum absolute atomic E-state index is 12.3. The number of aromatic hydroxyl groups is 1. The highest BCUT2D eigenvalue weighted by molar-refractivity contribution is 5.87. The average molecular weight is 397 g/mol. The molecule has 3 aromatic rings. The number of phenolic OH excluding ortho intramolecular Hbond substituents is 1. The molecule has 0 atom stereocenters. The third kappa shape index (κ3) is 5.28. The van der Waals surface area contributed by atoms with Crippen molar-refractivity contribution in [3.63, 3.8) is 0 Å². The van der Waals surface area contributed by atoms with Gasteiger partial charge in [-0.15, -0.1) is 0 Å². The Morgan fingerprint density at radius 1 is 1.14 bits per heavy atom. The van der Waals surface area contributed by atoms with Gasteiger partial charge in [0, 0.05) is 30.6 Å². The second-order valence-electron chi connectivity index (χ2n) is 6.61. The number of esters is 1. The van der Waals surface area contributed by atoms with Gasteiger partial charge in [0.25, 0.3) is 5.91 Å². The SMILES string of the molecule is CCOc1ccc(CN(C)C(=O)COC(=O)Cc2coc3cc(O)ccc23)cc1. The first-order valence-electron chi connectivity index (χ1n) is 9.26. The van der Waals surface area contributed by atoms with Gasteiger partial charge in [0.15, 0.2) is 6.61 Å². The van der Waals surface area contributed by atoms with Gasteiger partial charge in [-0.3, -0.25) is 9.59 Å². The van der Waals surface area contributed by atoms with Gasteiger partial charge in [0.1, 0.15) is 17.1 Å². The van der Waals surface area contributed by atoms with Crippen LogP contribution in [0, 0.1) is 0 Å². The zero-order chi connectivity index (χ0) is 20.8. The molecule has 7 nitrogen and oxygen atoms in total. The topological polar surface area (TPSA) is 89.2 Å². The summed E-state index contributed by atoms with van der Waals surface area (Å²) in [5, 5.41) is 10.2. The van der Waals surface area contributed by atoms with E-state index in [0.29, 0.717) is 24.3 Å². The third-order valence-electron chi connectivity index (χ3n) is 4.41. The molecule has 152 valence electrons. The molecule has 0 bridgehead atoms. The number of fused-ring (bicyclic) bond motifs is 1. The normalized spacial score (nSPS) is 10.7. The number of ether oxygens (including phenoxy) is 2. The molecule has 0 fully saturated rings. The van der Waals surface area contributed by atoms with E-state index >= 15 is 0 Å². The monoisotopic (exact) mass is 397 g/mol. The zero-order valence-electron chi connectivity index (χ0n) is 16.4. The molecular formula is C22H23NO6. The molecule has 1 N–H and O–H groups in total. The van der Waals surface area contributed by atoms with Crippen molar-refractivity contribution >= 4 is 22.8 Å². The predicted molar refractivity (Wildman–Crippen MR) is 107 cm³/mol. The molecule has 7 heteroatoms. The Labute approximate surface area is 168 Å². The van der Waals surface area contributed by atoms with Gasteiger partial charge >= 0.3 is 5.97 Å². The molecule has 0 saturated heterocycles. The van der Waals surface area contributed by atoms with Crippen molar-refractivity contribution in [2.75, 3.05) is 20.3 Å². The number of benzene rings is 2. The summed E-state index contributed by atoms with van der Waals surface area (Å²) >= 11 is 0. The summed E-state index contributed by atoms with van der Waals surface area (Å²) in [6, 6.07) is 12.2.